The lowest BCUT2D eigenvalue weighted by Gasteiger charge is -2.27. The zero-order valence-electron chi connectivity index (χ0n) is 22.0. The number of nitrogens with zero attached hydrogens (tertiary/aromatic N) is 1. The van der Waals surface area contributed by atoms with Crippen molar-refractivity contribution in [3.05, 3.63) is 131 Å². The zero-order chi connectivity index (χ0) is 27.9. The third kappa shape index (κ3) is 5.77. The number of rotatable bonds is 9. The Balaban J connectivity index is 1.41. The molecule has 0 saturated carbocycles. The van der Waals surface area contributed by atoms with Crippen LogP contribution in [-0.4, -0.2) is 12.6 Å². The molecule has 0 spiro atoms. The molecule has 0 radical (unpaired) electrons. The number of hydrogen-bond donors (Lipinski definition) is 1. The summed E-state index contributed by atoms with van der Waals surface area (Å²) < 4.78 is 23.2. The van der Waals surface area contributed by atoms with Crippen molar-refractivity contribution < 1.29 is 23.7 Å². The molecule has 0 aliphatic carbocycles. The lowest BCUT2D eigenvalue weighted by molar-refractivity contribution is 0.0730. The number of allylic oxidation sites excluding steroid dienone is 1. The van der Waals surface area contributed by atoms with Crippen LogP contribution in [0.5, 0.6) is 23.0 Å². The first-order valence-electron chi connectivity index (χ1n) is 13.0. The van der Waals surface area contributed by atoms with E-state index in [0.29, 0.717) is 41.6 Å². The molecule has 0 bridgehead atoms. The smallest absolute Gasteiger partial charge is 0.347 e. The number of hydrogen-bond acceptors (Lipinski definition) is 7. The zero-order valence-corrected chi connectivity index (χ0v) is 22.0. The number of benzene rings is 4. The van der Waals surface area contributed by atoms with Crippen molar-refractivity contribution in [1.82, 2.24) is 0 Å². The normalized spacial score (nSPS) is 13.9. The van der Waals surface area contributed by atoms with Crippen LogP contribution in [0.4, 0.5) is 0 Å². The number of esters is 1. The van der Waals surface area contributed by atoms with Crippen LogP contribution in [0.2, 0.25) is 0 Å². The van der Waals surface area contributed by atoms with Crippen molar-refractivity contribution in [3.8, 4) is 29.1 Å². The van der Waals surface area contributed by atoms with Gasteiger partial charge in [0.25, 0.3) is 0 Å². The minimum Gasteiger partial charge on any atom is -0.493 e. The highest BCUT2D eigenvalue weighted by atomic mass is 16.5. The third-order valence-electron chi connectivity index (χ3n) is 6.41. The second kappa shape index (κ2) is 12.1. The van der Waals surface area contributed by atoms with E-state index in [-0.39, 0.29) is 11.6 Å². The van der Waals surface area contributed by atoms with Gasteiger partial charge in [0, 0.05) is 11.6 Å². The molecule has 5 rings (SSSR count). The number of para-hydroxylation sites is 1. The summed E-state index contributed by atoms with van der Waals surface area (Å²) in [6.45, 7) is 2.90. The first kappa shape index (κ1) is 26.4. The van der Waals surface area contributed by atoms with Crippen LogP contribution in [0.25, 0.3) is 0 Å². The third-order valence-corrected chi connectivity index (χ3v) is 6.41. The van der Waals surface area contributed by atoms with E-state index in [1.807, 2.05) is 61.5 Å². The number of fused-ring (bicyclic) bond motifs is 1. The van der Waals surface area contributed by atoms with E-state index < -0.39 is 11.9 Å². The van der Waals surface area contributed by atoms with E-state index in [1.54, 1.807) is 42.5 Å². The maximum atomic E-state index is 13.0. The molecule has 4 aromatic carbocycles. The summed E-state index contributed by atoms with van der Waals surface area (Å²) >= 11 is 0. The summed E-state index contributed by atoms with van der Waals surface area (Å²) in [5, 5.41) is 9.95. The van der Waals surface area contributed by atoms with Gasteiger partial charge >= 0.3 is 5.97 Å². The summed E-state index contributed by atoms with van der Waals surface area (Å²) in [6.07, 6.45) is 0.814. The molecule has 40 heavy (non-hydrogen) atoms. The van der Waals surface area contributed by atoms with Gasteiger partial charge in [0.2, 0.25) is 5.88 Å². The lowest BCUT2D eigenvalue weighted by Crippen LogP contribution is -2.21. The minimum absolute atomic E-state index is 0.00241. The molecule has 0 saturated heterocycles. The van der Waals surface area contributed by atoms with Gasteiger partial charge in [0.05, 0.1) is 12.5 Å². The second-order valence-corrected chi connectivity index (χ2v) is 9.21. The molecule has 1 atom stereocenters. The highest BCUT2D eigenvalue weighted by Crippen LogP contribution is 2.44. The van der Waals surface area contributed by atoms with Crippen LogP contribution in [-0.2, 0) is 6.61 Å². The Kier molecular flexibility index (Phi) is 7.98. The van der Waals surface area contributed by atoms with Crippen LogP contribution in [0, 0.1) is 11.3 Å². The van der Waals surface area contributed by atoms with Gasteiger partial charge in [-0.25, -0.2) is 4.79 Å². The summed E-state index contributed by atoms with van der Waals surface area (Å²) in [5.41, 5.74) is 9.40. The fourth-order valence-corrected chi connectivity index (χ4v) is 4.50. The number of nitrogens with two attached hydrogens (primary N) is 1. The topological polar surface area (TPSA) is 104 Å². The predicted octanol–water partition coefficient (Wildman–Crippen LogP) is 6.49. The number of ether oxygens (including phenoxy) is 4. The Morgan fingerprint density at radius 1 is 0.925 bits per heavy atom. The molecule has 7 heteroatoms. The van der Waals surface area contributed by atoms with Crippen LogP contribution in [0.3, 0.4) is 0 Å². The minimum atomic E-state index is -0.552. The quantitative estimate of drug-likeness (QED) is 0.194. The maximum absolute atomic E-state index is 13.0. The number of carbonyl (C=O) groups is 1. The molecule has 1 aliphatic rings. The van der Waals surface area contributed by atoms with E-state index in [4.69, 9.17) is 24.7 Å². The van der Waals surface area contributed by atoms with Gasteiger partial charge in [-0.15, -0.1) is 0 Å². The van der Waals surface area contributed by atoms with Crippen molar-refractivity contribution in [2.75, 3.05) is 6.61 Å². The molecule has 200 valence electrons. The average Bonchev–Trinajstić information content (AvgIpc) is 2.99. The van der Waals surface area contributed by atoms with Gasteiger partial charge in [-0.3, -0.25) is 0 Å². The number of nitriles is 1. The lowest BCUT2D eigenvalue weighted by atomic mass is 9.83. The predicted molar refractivity (Wildman–Crippen MR) is 150 cm³/mol. The Morgan fingerprint density at radius 3 is 2.52 bits per heavy atom. The molecular formula is C33H28N2O5. The Bertz CT molecular complexity index is 1590. The highest BCUT2D eigenvalue weighted by molar-refractivity contribution is 5.94. The molecule has 0 aromatic heterocycles. The maximum Gasteiger partial charge on any atom is 0.347 e. The summed E-state index contributed by atoms with van der Waals surface area (Å²) in [6, 6.07) is 31.7. The molecule has 7 nitrogen and oxygen atoms in total. The number of carbonyl (C=O) groups excluding carboxylic acids is 1. The molecule has 0 amide bonds. The summed E-state index contributed by atoms with van der Waals surface area (Å²) in [4.78, 5) is 13.0. The van der Waals surface area contributed by atoms with Crippen LogP contribution in [0.15, 0.2) is 109 Å². The average molecular weight is 533 g/mol. The van der Waals surface area contributed by atoms with Gasteiger partial charge in [-0.05, 0) is 47.9 Å². The van der Waals surface area contributed by atoms with Crippen molar-refractivity contribution in [1.29, 1.82) is 5.26 Å². The first-order chi connectivity index (χ1) is 19.6. The Hall–Kier alpha value is -5.22. The van der Waals surface area contributed by atoms with Gasteiger partial charge in [0.15, 0.2) is 0 Å². The fraction of sp³-hybridized carbons (Fsp3) is 0.152. The van der Waals surface area contributed by atoms with E-state index in [1.165, 1.54) is 0 Å². The Labute approximate surface area is 233 Å². The highest BCUT2D eigenvalue weighted by Gasteiger charge is 2.31. The van der Waals surface area contributed by atoms with Gasteiger partial charge in [-0.2, -0.15) is 5.26 Å². The van der Waals surface area contributed by atoms with Gasteiger partial charge in [-0.1, -0.05) is 67.6 Å². The van der Waals surface area contributed by atoms with Crippen molar-refractivity contribution in [2.45, 2.75) is 25.9 Å². The molecular weight excluding hydrogens is 504 g/mol. The largest absolute Gasteiger partial charge is 0.493 e. The second-order valence-electron chi connectivity index (χ2n) is 9.21. The van der Waals surface area contributed by atoms with E-state index in [0.717, 1.165) is 23.1 Å². The fourth-order valence-electron chi connectivity index (χ4n) is 4.50. The first-order valence-corrected chi connectivity index (χ1v) is 13.0. The summed E-state index contributed by atoms with van der Waals surface area (Å²) in [7, 11) is 0. The molecule has 2 N–H and O–H groups in total. The monoisotopic (exact) mass is 532 g/mol. The van der Waals surface area contributed by atoms with Crippen molar-refractivity contribution in [3.63, 3.8) is 0 Å². The molecule has 1 unspecified atom stereocenters. The molecule has 4 aromatic rings. The SMILES string of the molecule is CCCOc1ccccc1C(=O)Oc1ccc2c(c1)OC(N)=C(C#N)C2c1cccc(OCc2ccccc2)c1. The van der Waals surface area contributed by atoms with Crippen LogP contribution in [0.1, 0.15) is 46.3 Å². The van der Waals surface area contributed by atoms with Crippen LogP contribution < -0.4 is 24.7 Å². The van der Waals surface area contributed by atoms with Crippen molar-refractivity contribution in [2.24, 2.45) is 5.73 Å². The van der Waals surface area contributed by atoms with Crippen molar-refractivity contribution >= 4 is 5.97 Å². The van der Waals surface area contributed by atoms with Gasteiger partial charge < -0.3 is 24.7 Å². The summed E-state index contributed by atoms with van der Waals surface area (Å²) in [5.74, 6) is 0.769. The standard InChI is InChI=1S/C33H28N2O5/c1-2-17-37-29-14-7-6-13-27(29)33(36)39-25-15-16-26-30(19-25)40-32(35)28(20-34)31(26)23-11-8-12-24(18-23)38-21-22-9-4-3-5-10-22/h3-16,18-19,31H,2,17,21,35H2,1H3. The van der Waals surface area contributed by atoms with E-state index in [2.05, 4.69) is 6.07 Å². The van der Waals surface area contributed by atoms with E-state index in [9.17, 15) is 10.1 Å². The van der Waals surface area contributed by atoms with E-state index >= 15 is 0 Å². The molecule has 0 fully saturated rings. The Morgan fingerprint density at radius 2 is 1.73 bits per heavy atom. The molecule has 1 aliphatic heterocycles. The van der Waals surface area contributed by atoms with Gasteiger partial charge in [0.1, 0.15) is 46.8 Å². The van der Waals surface area contributed by atoms with Crippen LogP contribution >= 0.6 is 0 Å². The molecule has 1 heterocycles.